The Morgan fingerprint density at radius 2 is 1.78 bits per heavy atom. The summed E-state index contributed by atoms with van der Waals surface area (Å²) < 4.78 is 61.8. The first-order chi connectivity index (χ1) is 28.4. The smallest absolute Gasteiger partial charge is 0.408 e. The highest BCUT2D eigenvalue weighted by Crippen LogP contribution is 2.46. The number of allylic oxidation sites excluding steroid dienone is 1. The van der Waals surface area contributed by atoms with Gasteiger partial charge in [0.25, 0.3) is 5.91 Å². The van der Waals surface area contributed by atoms with Crippen LogP contribution in [0.3, 0.4) is 0 Å². The number of pyridine rings is 1. The van der Waals surface area contributed by atoms with E-state index >= 15 is 0 Å². The summed E-state index contributed by atoms with van der Waals surface area (Å²) in [5.41, 5.74) is 1.13. The summed E-state index contributed by atoms with van der Waals surface area (Å²) in [6, 6.07) is 7.60. The van der Waals surface area contributed by atoms with Crippen LogP contribution in [0.5, 0.6) is 5.75 Å². The molecule has 9 rings (SSSR count). The van der Waals surface area contributed by atoms with Gasteiger partial charge in [-0.2, -0.15) is 0 Å². The lowest BCUT2D eigenvalue weighted by Gasteiger charge is -2.30. The standard InChI is InChI=1S/C43H48FN5O9S/c1-24-10-9-14-30-35-38(58-36(24)30)37(31-20-26(44)16-19-32(31)45-35)56-28-21-34-39(50)47-43(41(52)48-59(54,55)29-17-18-29)22-25(43)11-5-3-2-4-6-15-33(40(51)49(34)23-28)46-42(53)57-27-12-7-8-13-27/h5,9-11,14,16,19-20,25,27-29,33-34H,2-4,6-8,12-13,15,17-18,21-23H2,1H3,(H,46,53)(H,47,50)(H,48,52)/b11-5-/t25-,28+,33-,34-,43+/m0/s1. The fourth-order valence-electron chi connectivity index (χ4n) is 9.01. The van der Waals surface area contributed by atoms with Gasteiger partial charge in [-0.15, -0.1) is 0 Å². The zero-order valence-corrected chi connectivity index (χ0v) is 33.7. The quantitative estimate of drug-likeness (QED) is 0.188. The van der Waals surface area contributed by atoms with Crippen LogP contribution in [-0.4, -0.2) is 83.7 Å². The lowest BCUT2D eigenvalue weighted by atomic mass is 10.0. The Morgan fingerprint density at radius 1 is 0.983 bits per heavy atom. The molecule has 2 aromatic heterocycles. The first-order valence-corrected chi connectivity index (χ1v) is 22.3. The number of furan rings is 1. The molecule has 5 aliphatic rings. The van der Waals surface area contributed by atoms with Gasteiger partial charge in [0.05, 0.1) is 17.3 Å². The number of nitrogens with one attached hydrogen (secondary N) is 3. The molecule has 4 heterocycles. The van der Waals surface area contributed by atoms with E-state index in [1.807, 2.05) is 37.3 Å². The maximum atomic E-state index is 14.9. The normalized spacial score (nSPS) is 27.4. The van der Waals surface area contributed by atoms with E-state index in [2.05, 4.69) is 15.4 Å². The van der Waals surface area contributed by atoms with Gasteiger partial charge in [-0.3, -0.25) is 19.1 Å². The average Bonchev–Trinajstić information content (AvgIpc) is 4.01. The molecule has 3 N–H and O–H groups in total. The number of benzene rings is 2. The molecule has 0 spiro atoms. The molecule has 59 heavy (non-hydrogen) atoms. The number of rotatable bonds is 7. The minimum atomic E-state index is -3.93. The molecular weight excluding hydrogens is 782 g/mol. The average molecular weight is 830 g/mol. The fourth-order valence-corrected chi connectivity index (χ4v) is 10.4. The van der Waals surface area contributed by atoms with Crippen LogP contribution in [0.4, 0.5) is 9.18 Å². The van der Waals surface area contributed by atoms with Gasteiger partial charge >= 0.3 is 6.09 Å². The third kappa shape index (κ3) is 7.71. The van der Waals surface area contributed by atoms with Gasteiger partial charge in [0, 0.05) is 23.1 Å². The van der Waals surface area contributed by atoms with Gasteiger partial charge in [0.15, 0.2) is 11.3 Å². The Kier molecular flexibility index (Phi) is 10.2. The first kappa shape index (κ1) is 39.2. The fraction of sp³-hybridized carbons (Fsp3) is 0.512. The molecule has 3 aliphatic carbocycles. The lowest BCUT2D eigenvalue weighted by Crippen LogP contribution is -2.58. The van der Waals surface area contributed by atoms with E-state index in [1.165, 1.54) is 17.0 Å². The van der Waals surface area contributed by atoms with Crippen molar-refractivity contribution in [2.75, 3.05) is 6.54 Å². The van der Waals surface area contributed by atoms with Gasteiger partial charge in [0.2, 0.25) is 21.8 Å². The molecule has 2 aliphatic heterocycles. The molecular formula is C43H48FN5O9S. The number of hydrogen-bond donors (Lipinski definition) is 3. The number of aromatic nitrogens is 1. The van der Waals surface area contributed by atoms with E-state index in [1.54, 1.807) is 6.07 Å². The van der Waals surface area contributed by atoms with Gasteiger partial charge in [-0.1, -0.05) is 37.1 Å². The van der Waals surface area contributed by atoms with Crippen LogP contribution < -0.4 is 20.1 Å². The van der Waals surface area contributed by atoms with Crippen LogP contribution in [0.1, 0.15) is 89.0 Å². The Labute approximate surface area is 340 Å². The van der Waals surface area contributed by atoms with Crippen molar-refractivity contribution in [2.45, 2.75) is 125 Å². The molecule has 0 bridgehead atoms. The predicted octanol–water partition coefficient (Wildman–Crippen LogP) is 5.97. The molecule has 5 atom stereocenters. The second-order valence-electron chi connectivity index (χ2n) is 16.8. The first-order valence-electron chi connectivity index (χ1n) is 20.8. The second-order valence-corrected chi connectivity index (χ2v) is 18.8. The highest BCUT2D eigenvalue weighted by Gasteiger charge is 2.62. The van der Waals surface area contributed by atoms with Crippen molar-refractivity contribution in [3.63, 3.8) is 0 Å². The number of alkyl carbamates (subject to hydrolysis) is 1. The van der Waals surface area contributed by atoms with E-state index in [0.29, 0.717) is 54.1 Å². The number of aryl methyl sites for hydroxylation is 1. The number of para-hydroxylation sites is 1. The van der Waals surface area contributed by atoms with Crippen LogP contribution in [-0.2, 0) is 29.1 Å². The number of hydrogen-bond acceptors (Lipinski definition) is 10. The van der Waals surface area contributed by atoms with Crippen molar-refractivity contribution < 1.29 is 45.9 Å². The molecule has 2 aromatic carbocycles. The summed E-state index contributed by atoms with van der Waals surface area (Å²) >= 11 is 0. The number of sulfonamides is 1. The van der Waals surface area contributed by atoms with Crippen molar-refractivity contribution in [2.24, 2.45) is 5.92 Å². The largest absolute Gasteiger partial charge is 0.484 e. The van der Waals surface area contributed by atoms with Crippen LogP contribution >= 0.6 is 0 Å². The molecule has 0 unspecified atom stereocenters. The number of nitrogens with zero attached hydrogens (tertiary/aromatic N) is 2. The van der Waals surface area contributed by atoms with Gasteiger partial charge in [-0.25, -0.2) is 22.6 Å². The van der Waals surface area contributed by atoms with Crippen molar-refractivity contribution >= 4 is 66.8 Å². The molecule has 16 heteroatoms. The molecule has 1 saturated heterocycles. The van der Waals surface area contributed by atoms with E-state index in [4.69, 9.17) is 18.9 Å². The number of amides is 4. The highest BCUT2D eigenvalue weighted by molar-refractivity contribution is 7.91. The van der Waals surface area contributed by atoms with E-state index < -0.39 is 74.5 Å². The molecule has 0 radical (unpaired) electrons. The van der Waals surface area contributed by atoms with Crippen LogP contribution in [0, 0.1) is 18.7 Å². The van der Waals surface area contributed by atoms with Gasteiger partial charge in [-0.05, 0) is 101 Å². The second kappa shape index (κ2) is 15.4. The molecule has 4 aromatic rings. The monoisotopic (exact) mass is 829 g/mol. The van der Waals surface area contributed by atoms with E-state index in [-0.39, 0.29) is 36.8 Å². The number of carbonyl (C=O) groups is 4. The van der Waals surface area contributed by atoms with E-state index in [9.17, 15) is 32.0 Å². The zero-order chi connectivity index (χ0) is 41.1. The summed E-state index contributed by atoms with van der Waals surface area (Å²) in [5, 5.41) is 6.11. The molecule has 14 nitrogen and oxygen atoms in total. The van der Waals surface area contributed by atoms with Gasteiger partial charge in [0.1, 0.15) is 46.7 Å². The number of carbonyl (C=O) groups excluding carboxylic acids is 4. The molecule has 3 saturated carbocycles. The minimum Gasteiger partial charge on any atom is -0.484 e. The SMILES string of the molecule is Cc1cccc2c1oc1c(O[C@@H]3C[C@H]4C(=O)N[C@]5(C(=O)NS(=O)(=O)C6CC6)C[C@@H]5/C=C\CCCCC[C@H](NC(=O)OC5CCCC5)C(=O)N4C3)c3cc(F)ccc3nc12. The maximum absolute atomic E-state index is 14.9. The third-order valence-corrected chi connectivity index (χ3v) is 14.3. The summed E-state index contributed by atoms with van der Waals surface area (Å²) in [6.45, 7) is 1.80. The van der Waals surface area contributed by atoms with Crippen molar-refractivity contribution in [3.8, 4) is 5.75 Å². The van der Waals surface area contributed by atoms with Crippen molar-refractivity contribution in [3.05, 3.63) is 59.9 Å². The maximum Gasteiger partial charge on any atom is 0.408 e. The summed E-state index contributed by atoms with van der Waals surface area (Å²) in [6.07, 6.45) is 9.53. The molecule has 4 amide bonds. The number of ether oxygens (including phenoxy) is 2. The number of fused-ring (bicyclic) bond motifs is 6. The molecule has 4 fully saturated rings. The molecule has 312 valence electrons. The van der Waals surface area contributed by atoms with Gasteiger partial charge < -0.3 is 29.4 Å². The summed E-state index contributed by atoms with van der Waals surface area (Å²) in [4.78, 5) is 62.6. The van der Waals surface area contributed by atoms with Crippen LogP contribution in [0.25, 0.3) is 33.0 Å². The predicted molar refractivity (Wildman–Crippen MR) is 215 cm³/mol. The Hall–Kier alpha value is -5.25. The highest BCUT2D eigenvalue weighted by atomic mass is 32.2. The van der Waals surface area contributed by atoms with Crippen LogP contribution in [0.15, 0.2) is 53.0 Å². The van der Waals surface area contributed by atoms with Crippen LogP contribution in [0.2, 0.25) is 0 Å². The summed E-state index contributed by atoms with van der Waals surface area (Å²) in [5.74, 6) is -2.80. The summed E-state index contributed by atoms with van der Waals surface area (Å²) in [7, 11) is -3.93. The van der Waals surface area contributed by atoms with Crippen molar-refractivity contribution in [1.29, 1.82) is 0 Å². The number of halogens is 1. The lowest BCUT2D eigenvalue weighted by molar-refractivity contribution is -0.141. The van der Waals surface area contributed by atoms with E-state index in [0.717, 1.165) is 49.5 Å². The van der Waals surface area contributed by atoms with Crippen molar-refractivity contribution in [1.82, 2.24) is 25.2 Å². The Morgan fingerprint density at radius 3 is 2.58 bits per heavy atom. The Balaban J connectivity index is 1.07. The topological polar surface area (TPSA) is 186 Å². The zero-order valence-electron chi connectivity index (χ0n) is 32.8. The third-order valence-electron chi connectivity index (χ3n) is 12.5. The Bertz CT molecular complexity index is 2500. The minimum absolute atomic E-state index is 0.0464.